The number of rotatable bonds is 5. The average Bonchev–Trinajstić information content (AvgIpc) is 3.06. The summed E-state index contributed by atoms with van der Waals surface area (Å²) in [6.45, 7) is 1.92. The molecule has 0 radical (unpaired) electrons. The highest BCUT2D eigenvalue weighted by atomic mass is 32.1. The first-order chi connectivity index (χ1) is 11.2. The Labute approximate surface area is 138 Å². The number of nitrogens with two attached hydrogens (primary N) is 1. The summed E-state index contributed by atoms with van der Waals surface area (Å²) in [4.78, 5) is 14.2. The molecule has 0 amide bonds. The molecule has 3 aromatic heterocycles. The third-order valence-electron chi connectivity index (χ3n) is 3.14. The van der Waals surface area contributed by atoms with Crippen molar-refractivity contribution in [3.63, 3.8) is 0 Å². The van der Waals surface area contributed by atoms with Gasteiger partial charge >= 0.3 is 0 Å². The number of thiazole rings is 1. The van der Waals surface area contributed by atoms with E-state index in [1.54, 1.807) is 36.9 Å². The lowest BCUT2D eigenvalue weighted by Crippen LogP contribution is -2.03. The van der Waals surface area contributed by atoms with Gasteiger partial charge in [-0.15, -0.1) is 11.3 Å². The SMILES string of the molecule is COc1ccnc(Nc2cccc(-c3cnc(C(C)N)s3)n2)c1. The summed E-state index contributed by atoms with van der Waals surface area (Å²) in [6.07, 6.45) is 3.49. The average molecular weight is 327 g/mol. The van der Waals surface area contributed by atoms with Gasteiger partial charge in [-0.05, 0) is 25.1 Å². The Balaban J connectivity index is 1.84. The van der Waals surface area contributed by atoms with Crippen molar-refractivity contribution in [1.29, 1.82) is 0 Å². The maximum absolute atomic E-state index is 5.86. The number of nitrogens with one attached hydrogen (secondary N) is 1. The molecule has 7 heteroatoms. The van der Waals surface area contributed by atoms with Gasteiger partial charge in [-0.1, -0.05) is 6.07 Å². The standard InChI is InChI=1S/C16H17N5OS/c1-10(17)16-19-9-13(23-16)12-4-3-5-14(20-12)21-15-8-11(22-2)6-7-18-15/h3-10H,17H2,1-2H3,(H,18,20,21). The monoisotopic (exact) mass is 327 g/mol. The molecule has 0 saturated carbocycles. The molecule has 1 atom stereocenters. The van der Waals surface area contributed by atoms with Crippen LogP contribution in [0.25, 0.3) is 10.6 Å². The minimum atomic E-state index is -0.0731. The lowest BCUT2D eigenvalue weighted by Gasteiger charge is -2.07. The molecule has 6 nitrogen and oxygen atoms in total. The summed E-state index contributed by atoms with van der Waals surface area (Å²) in [5, 5.41) is 4.07. The van der Waals surface area contributed by atoms with Crippen LogP contribution in [0.2, 0.25) is 0 Å². The van der Waals surface area contributed by atoms with Crippen LogP contribution in [0.15, 0.2) is 42.7 Å². The number of methoxy groups -OCH3 is 1. The molecule has 23 heavy (non-hydrogen) atoms. The number of nitrogens with zero attached hydrogens (tertiary/aromatic N) is 3. The van der Waals surface area contributed by atoms with Crippen molar-refractivity contribution in [3.05, 3.63) is 47.7 Å². The van der Waals surface area contributed by atoms with Crippen molar-refractivity contribution in [2.75, 3.05) is 12.4 Å². The number of pyridine rings is 2. The molecule has 0 aromatic carbocycles. The summed E-state index contributed by atoms with van der Waals surface area (Å²) in [7, 11) is 1.62. The molecule has 118 valence electrons. The van der Waals surface area contributed by atoms with Gasteiger partial charge in [-0.25, -0.2) is 15.0 Å². The normalized spacial score (nSPS) is 12.0. The first-order valence-corrected chi connectivity index (χ1v) is 7.93. The molecule has 3 N–H and O–H groups in total. The van der Waals surface area contributed by atoms with Crippen molar-refractivity contribution >= 4 is 23.0 Å². The van der Waals surface area contributed by atoms with Gasteiger partial charge in [-0.3, -0.25) is 0 Å². The Morgan fingerprint density at radius 1 is 1.22 bits per heavy atom. The van der Waals surface area contributed by atoms with E-state index in [9.17, 15) is 0 Å². The van der Waals surface area contributed by atoms with Gasteiger partial charge in [0.05, 0.1) is 23.7 Å². The van der Waals surface area contributed by atoms with Gasteiger partial charge in [0.2, 0.25) is 0 Å². The number of hydrogen-bond acceptors (Lipinski definition) is 7. The molecule has 0 aliphatic carbocycles. The Bertz CT molecular complexity index is 802. The van der Waals surface area contributed by atoms with Crippen LogP contribution in [-0.4, -0.2) is 22.1 Å². The second-order valence-electron chi connectivity index (χ2n) is 4.97. The molecule has 0 aliphatic rings. The molecule has 0 saturated heterocycles. The van der Waals surface area contributed by atoms with E-state index >= 15 is 0 Å². The highest BCUT2D eigenvalue weighted by molar-refractivity contribution is 7.15. The van der Waals surface area contributed by atoms with Crippen molar-refractivity contribution in [3.8, 4) is 16.3 Å². The first kappa shape index (κ1) is 15.4. The van der Waals surface area contributed by atoms with Crippen molar-refractivity contribution in [1.82, 2.24) is 15.0 Å². The van der Waals surface area contributed by atoms with Crippen LogP contribution in [-0.2, 0) is 0 Å². The van der Waals surface area contributed by atoms with E-state index in [4.69, 9.17) is 10.5 Å². The topological polar surface area (TPSA) is 86.0 Å². The van der Waals surface area contributed by atoms with Gasteiger partial charge in [0.25, 0.3) is 0 Å². The van der Waals surface area contributed by atoms with Gasteiger partial charge in [0.1, 0.15) is 22.4 Å². The van der Waals surface area contributed by atoms with Crippen molar-refractivity contribution in [2.45, 2.75) is 13.0 Å². The molecule has 1 unspecified atom stereocenters. The van der Waals surface area contributed by atoms with E-state index in [-0.39, 0.29) is 6.04 Å². The van der Waals surface area contributed by atoms with Crippen LogP contribution in [0.3, 0.4) is 0 Å². The van der Waals surface area contributed by atoms with Crippen LogP contribution in [0, 0.1) is 0 Å². The minimum absolute atomic E-state index is 0.0731. The van der Waals surface area contributed by atoms with Gasteiger partial charge < -0.3 is 15.8 Å². The fourth-order valence-corrected chi connectivity index (χ4v) is 2.84. The predicted octanol–water partition coefficient (Wildman–Crippen LogP) is 3.37. The summed E-state index contributed by atoms with van der Waals surface area (Å²) in [6, 6.07) is 9.31. The van der Waals surface area contributed by atoms with Crippen LogP contribution in [0.4, 0.5) is 11.6 Å². The van der Waals surface area contributed by atoms with Crippen molar-refractivity contribution < 1.29 is 4.74 Å². The minimum Gasteiger partial charge on any atom is -0.497 e. The molecular formula is C16H17N5OS. The van der Waals surface area contributed by atoms with Crippen LogP contribution < -0.4 is 15.8 Å². The fourth-order valence-electron chi connectivity index (χ4n) is 2.00. The molecular weight excluding hydrogens is 310 g/mol. The van der Waals surface area contributed by atoms with E-state index in [0.717, 1.165) is 21.3 Å². The van der Waals surface area contributed by atoms with Gasteiger partial charge in [0, 0.05) is 18.5 Å². The van der Waals surface area contributed by atoms with Crippen molar-refractivity contribution in [2.24, 2.45) is 5.73 Å². The lowest BCUT2D eigenvalue weighted by atomic mass is 10.3. The molecule has 3 heterocycles. The van der Waals surface area contributed by atoms with E-state index in [1.165, 1.54) is 0 Å². The molecule has 0 aliphatic heterocycles. The van der Waals surface area contributed by atoms with Crippen LogP contribution >= 0.6 is 11.3 Å². The number of ether oxygens (including phenoxy) is 1. The lowest BCUT2D eigenvalue weighted by molar-refractivity contribution is 0.414. The third kappa shape index (κ3) is 3.64. The van der Waals surface area contributed by atoms with Crippen LogP contribution in [0.5, 0.6) is 5.75 Å². The van der Waals surface area contributed by atoms with E-state index in [2.05, 4.69) is 20.3 Å². The van der Waals surface area contributed by atoms with Crippen LogP contribution in [0.1, 0.15) is 18.0 Å². The van der Waals surface area contributed by atoms with E-state index in [1.807, 2.05) is 31.2 Å². The second-order valence-corrected chi connectivity index (χ2v) is 6.03. The zero-order chi connectivity index (χ0) is 16.2. The van der Waals surface area contributed by atoms with Gasteiger partial charge in [0.15, 0.2) is 0 Å². The first-order valence-electron chi connectivity index (χ1n) is 7.11. The molecule has 0 spiro atoms. The summed E-state index contributed by atoms with van der Waals surface area (Å²) in [5.41, 5.74) is 6.71. The highest BCUT2D eigenvalue weighted by Gasteiger charge is 2.09. The Morgan fingerprint density at radius 3 is 2.83 bits per heavy atom. The number of aromatic nitrogens is 3. The summed E-state index contributed by atoms with van der Waals surface area (Å²) < 4.78 is 5.19. The Kier molecular flexibility index (Phi) is 4.50. The maximum Gasteiger partial charge on any atom is 0.135 e. The third-order valence-corrected chi connectivity index (χ3v) is 4.36. The fraction of sp³-hybridized carbons (Fsp3) is 0.188. The largest absolute Gasteiger partial charge is 0.497 e. The Hall–Kier alpha value is -2.51. The summed E-state index contributed by atoms with van der Waals surface area (Å²) in [5.74, 6) is 2.12. The predicted molar refractivity (Wildman–Crippen MR) is 92.0 cm³/mol. The smallest absolute Gasteiger partial charge is 0.135 e. The second kappa shape index (κ2) is 6.72. The molecule has 0 bridgehead atoms. The zero-order valence-corrected chi connectivity index (χ0v) is 13.7. The van der Waals surface area contributed by atoms with E-state index < -0.39 is 0 Å². The van der Waals surface area contributed by atoms with E-state index in [0.29, 0.717) is 11.6 Å². The highest BCUT2D eigenvalue weighted by Crippen LogP contribution is 2.28. The molecule has 3 rings (SSSR count). The Morgan fingerprint density at radius 2 is 2.09 bits per heavy atom. The summed E-state index contributed by atoms with van der Waals surface area (Å²) >= 11 is 1.55. The maximum atomic E-state index is 5.86. The number of hydrogen-bond donors (Lipinski definition) is 2. The number of anilines is 2. The van der Waals surface area contributed by atoms with Gasteiger partial charge in [-0.2, -0.15) is 0 Å². The molecule has 3 aromatic rings. The zero-order valence-electron chi connectivity index (χ0n) is 12.9. The quantitative estimate of drug-likeness (QED) is 0.747. The molecule has 0 fully saturated rings.